The van der Waals surface area contributed by atoms with E-state index in [2.05, 4.69) is 17.1 Å². The number of hydrogen-bond acceptors (Lipinski definition) is 4. The molecule has 0 aromatic carbocycles. The molecular formula is C12H20N2O2. The van der Waals surface area contributed by atoms with Crippen LogP contribution in [-0.2, 0) is 6.42 Å². The first-order chi connectivity index (χ1) is 7.79. The van der Waals surface area contributed by atoms with E-state index >= 15 is 0 Å². The molecule has 1 aliphatic rings. The Labute approximate surface area is 96.1 Å². The number of hydrogen-bond donors (Lipinski definition) is 1. The van der Waals surface area contributed by atoms with Gasteiger partial charge in [0, 0.05) is 5.92 Å². The lowest BCUT2D eigenvalue weighted by Gasteiger charge is -2.04. The van der Waals surface area contributed by atoms with Crippen LogP contribution in [0.1, 0.15) is 63.1 Å². The molecule has 16 heavy (non-hydrogen) atoms. The highest BCUT2D eigenvalue weighted by atomic mass is 16.5. The second-order valence-corrected chi connectivity index (χ2v) is 4.67. The summed E-state index contributed by atoms with van der Waals surface area (Å²) in [4.78, 5) is 4.38. The van der Waals surface area contributed by atoms with Crippen molar-refractivity contribution in [3.05, 3.63) is 11.7 Å². The topological polar surface area (TPSA) is 59.2 Å². The van der Waals surface area contributed by atoms with Gasteiger partial charge in [-0.2, -0.15) is 4.98 Å². The lowest BCUT2D eigenvalue weighted by atomic mass is 10.1. The first kappa shape index (κ1) is 11.6. The zero-order valence-electron chi connectivity index (χ0n) is 9.85. The third-order valence-corrected chi connectivity index (χ3v) is 3.24. The summed E-state index contributed by atoms with van der Waals surface area (Å²) in [6.45, 7) is 2.06. The molecule has 4 heteroatoms. The van der Waals surface area contributed by atoms with Crippen molar-refractivity contribution in [1.29, 1.82) is 0 Å². The van der Waals surface area contributed by atoms with Gasteiger partial charge in [0.25, 0.3) is 0 Å². The molecule has 1 fully saturated rings. The quantitative estimate of drug-likeness (QED) is 0.834. The molecule has 0 spiro atoms. The Bertz CT molecular complexity index is 319. The van der Waals surface area contributed by atoms with Gasteiger partial charge in [0.1, 0.15) is 0 Å². The van der Waals surface area contributed by atoms with E-state index in [4.69, 9.17) is 4.52 Å². The molecule has 1 heterocycles. The van der Waals surface area contributed by atoms with E-state index in [0.717, 1.165) is 18.7 Å². The van der Waals surface area contributed by atoms with Crippen LogP contribution in [0.3, 0.4) is 0 Å². The van der Waals surface area contributed by atoms with E-state index in [9.17, 15) is 5.11 Å². The predicted octanol–water partition coefficient (Wildman–Crippen LogP) is 2.43. The Morgan fingerprint density at radius 2 is 2.19 bits per heavy atom. The van der Waals surface area contributed by atoms with Crippen LogP contribution in [0.5, 0.6) is 0 Å². The van der Waals surface area contributed by atoms with Crippen molar-refractivity contribution in [2.75, 3.05) is 0 Å². The third kappa shape index (κ3) is 2.82. The highest BCUT2D eigenvalue weighted by Gasteiger charge is 2.22. The lowest BCUT2D eigenvalue weighted by Crippen LogP contribution is -2.10. The maximum atomic E-state index is 9.65. The first-order valence-corrected chi connectivity index (χ1v) is 6.30. The van der Waals surface area contributed by atoms with Gasteiger partial charge < -0.3 is 9.63 Å². The van der Waals surface area contributed by atoms with Crippen LogP contribution in [0.25, 0.3) is 0 Å². The highest BCUT2D eigenvalue weighted by molar-refractivity contribution is 4.98. The van der Waals surface area contributed by atoms with E-state index in [0.29, 0.717) is 18.2 Å². The lowest BCUT2D eigenvalue weighted by molar-refractivity contribution is 0.151. The smallest absolute Gasteiger partial charge is 0.229 e. The van der Waals surface area contributed by atoms with Crippen molar-refractivity contribution in [1.82, 2.24) is 10.1 Å². The van der Waals surface area contributed by atoms with Crippen molar-refractivity contribution in [2.45, 2.75) is 63.9 Å². The number of nitrogens with zero attached hydrogens (tertiary/aromatic N) is 2. The van der Waals surface area contributed by atoms with E-state index in [1.807, 2.05) is 0 Å². The summed E-state index contributed by atoms with van der Waals surface area (Å²) in [5, 5.41) is 13.7. The van der Waals surface area contributed by atoms with Crippen LogP contribution in [0.2, 0.25) is 0 Å². The fourth-order valence-electron chi connectivity index (χ4n) is 2.34. The van der Waals surface area contributed by atoms with E-state index in [1.54, 1.807) is 0 Å². The number of aliphatic hydroxyl groups excluding tert-OH is 1. The van der Waals surface area contributed by atoms with Crippen LogP contribution in [0, 0.1) is 0 Å². The van der Waals surface area contributed by atoms with Crippen LogP contribution >= 0.6 is 0 Å². The fourth-order valence-corrected chi connectivity index (χ4v) is 2.34. The fraction of sp³-hybridized carbons (Fsp3) is 0.833. The van der Waals surface area contributed by atoms with Crippen molar-refractivity contribution in [3.63, 3.8) is 0 Å². The zero-order valence-corrected chi connectivity index (χ0v) is 9.85. The molecule has 1 aliphatic carbocycles. The Hall–Kier alpha value is -0.900. The average Bonchev–Trinajstić information content (AvgIpc) is 2.86. The number of aliphatic hydroxyl groups is 1. The Morgan fingerprint density at radius 3 is 2.88 bits per heavy atom. The van der Waals surface area contributed by atoms with Gasteiger partial charge in [-0.1, -0.05) is 31.3 Å². The maximum Gasteiger partial charge on any atom is 0.229 e. The van der Waals surface area contributed by atoms with Gasteiger partial charge in [-0.3, -0.25) is 0 Å². The minimum atomic E-state index is -0.345. The summed E-state index contributed by atoms with van der Waals surface area (Å²) in [6.07, 6.45) is 6.81. The third-order valence-electron chi connectivity index (χ3n) is 3.24. The molecule has 1 unspecified atom stereocenters. The molecule has 0 amide bonds. The molecule has 1 atom stereocenters. The molecule has 1 aromatic rings. The molecule has 0 saturated heterocycles. The summed E-state index contributed by atoms with van der Waals surface area (Å²) in [7, 11) is 0. The SMILES string of the molecule is CCCC(O)Cc1nc(C2CCCC2)no1. The highest BCUT2D eigenvalue weighted by Crippen LogP contribution is 2.32. The van der Waals surface area contributed by atoms with E-state index < -0.39 is 0 Å². The Kier molecular flexibility index (Phi) is 3.93. The van der Waals surface area contributed by atoms with Gasteiger partial charge in [0.2, 0.25) is 5.89 Å². The molecule has 1 saturated carbocycles. The Balaban J connectivity index is 1.91. The van der Waals surface area contributed by atoms with E-state index in [-0.39, 0.29) is 6.10 Å². The largest absolute Gasteiger partial charge is 0.393 e. The van der Waals surface area contributed by atoms with Gasteiger partial charge in [0.05, 0.1) is 12.5 Å². The average molecular weight is 224 g/mol. The summed E-state index contributed by atoms with van der Waals surface area (Å²) < 4.78 is 5.17. The van der Waals surface area contributed by atoms with Crippen molar-refractivity contribution in [3.8, 4) is 0 Å². The van der Waals surface area contributed by atoms with Crippen LogP contribution in [0.15, 0.2) is 4.52 Å². The van der Waals surface area contributed by atoms with Gasteiger partial charge >= 0.3 is 0 Å². The molecule has 0 bridgehead atoms. The molecule has 0 radical (unpaired) electrons. The summed E-state index contributed by atoms with van der Waals surface area (Å²) >= 11 is 0. The molecule has 1 aromatic heterocycles. The summed E-state index contributed by atoms with van der Waals surface area (Å²) in [5.74, 6) is 1.92. The van der Waals surface area contributed by atoms with Crippen molar-refractivity contribution in [2.24, 2.45) is 0 Å². The number of aromatic nitrogens is 2. The molecule has 0 aliphatic heterocycles. The van der Waals surface area contributed by atoms with Gasteiger partial charge in [0.15, 0.2) is 5.82 Å². The Morgan fingerprint density at radius 1 is 1.44 bits per heavy atom. The summed E-state index contributed by atoms with van der Waals surface area (Å²) in [6, 6.07) is 0. The predicted molar refractivity (Wildman–Crippen MR) is 60.1 cm³/mol. The van der Waals surface area contributed by atoms with Crippen LogP contribution < -0.4 is 0 Å². The molecule has 90 valence electrons. The minimum absolute atomic E-state index is 0.345. The second-order valence-electron chi connectivity index (χ2n) is 4.67. The van der Waals surface area contributed by atoms with Crippen LogP contribution in [0.4, 0.5) is 0 Å². The molecule has 1 N–H and O–H groups in total. The zero-order chi connectivity index (χ0) is 11.4. The van der Waals surface area contributed by atoms with Crippen LogP contribution in [-0.4, -0.2) is 21.4 Å². The summed E-state index contributed by atoms with van der Waals surface area (Å²) in [5.41, 5.74) is 0. The first-order valence-electron chi connectivity index (χ1n) is 6.30. The monoisotopic (exact) mass is 224 g/mol. The van der Waals surface area contributed by atoms with Gasteiger partial charge in [-0.05, 0) is 19.3 Å². The van der Waals surface area contributed by atoms with Crippen molar-refractivity contribution < 1.29 is 9.63 Å². The standard InChI is InChI=1S/C12H20N2O2/c1-2-5-10(15)8-11-13-12(14-16-11)9-6-3-4-7-9/h9-10,15H,2-8H2,1H3. The molecule has 4 nitrogen and oxygen atoms in total. The molecular weight excluding hydrogens is 204 g/mol. The maximum absolute atomic E-state index is 9.65. The van der Waals surface area contributed by atoms with Gasteiger partial charge in [-0.25, -0.2) is 0 Å². The van der Waals surface area contributed by atoms with Crippen molar-refractivity contribution >= 4 is 0 Å². The second kappa shape index (κ2) is 5.43. The number of rotatable bonds is 5. The van der Waals surface area contributed by atoms with E-state index in [1.165, 1.54) is 25.7 Å². The molecule has 2 rings (SSSR count). The normalized spacial score (nSPS) is 19.1. The minimum Gasteiger partial charge on any atom is -0.393 e. The van der Waals surface area contributed by atoms with Gasteiger partial charge in [-0.15, -0.1) is 0 Å².